The van der Waals surface area contributed by atoms with E-state index >= 15 is 0 Å². The molecule has 23 nitrogen and oxygen atoms in total. The SMILES string of the molecule is Nc1nc2c(ncn2[C@@H]2OC3COP(=O)(O)O[C@H]4[C@@H](O)[C@H](n5cnc6c(N)ncnc65)O[C@@H]4COP(=O)(O)O[C@@H]2[C@@H]3O)c(=O)[nH]1. The lowest BCUT2D eigenvalue weighted by atomic mass is 10.1. The summed E-state index contributed by atoms with van der Waals surface area (Å²) in [5.74, 6) is -0.250. The van der Waals surface area contributed by atoms with Gasteiger partial charge in [0.2, 0.25) is 5.95 Å². The summed E-state index contributed by atoms with van der Waals surface area (Å²) in [4.78, 5) is 55.8. The molecule has 7 rings (SSSR count). The number of anilines is 2. The van der Waals surface area contributed by atoms with E-state index in [2.05, 4.69) is 29.9 Å². The smallest absolute Gasteiger partial charge is 0.387 e. The predicted molar refractivity (Wildman–Crippen MR) is 143 cm³/mol. The van der Waals surface area contributed by atoms with Crippen molar-refractivity contribution in [2.45, 2.75) is 49.1 Å². The fourth-order valence-electron chi connectivity index (χ4n) is 5.30. The summed E-state index contributed by atoms with van der Waals surface area (Å²) in [6, 6.07) is 0. The van der Waals surface area contributed by atoms with Crippen LogP contribution in [0.15, 0.2) is 23.8 Å². The molecule has 0 saturated carbocycles. The number of nitrogen functional groups attached to an aromatic ring is 2. The van der Waals surface area contributed by atoms with Crippen LogP contribution in [0, 0.1) is 0 Å². The predicted octanol–water partition coefficient (Wildman–Crippen LogP) is -2.34. The molecule has 0 amide bonds. The maximum atomic E-state index is 13.2. The lowest BCUT2D eigenvalue weighted by Gasteiger charge is -2.25. The molecule has 3 fully saturated rings. The zero-order chi connectivity index (χ0) is 31.8. The second-order valence-electron chi connectivity index (χ2n) is 10.1. The number of fused-ring (bicyclic) bond motifs is 5. The molecule has 242 valence electrons. The lowest BCUT2D eigenvalue weighted by Crippen LogP contribution is -2.36. The summed E-state index contributed by atoms with van der Waals surface area (Å²) in [5, 5.41) is 22.1. The van der Waals surface area contributed by atoms with Crippen molar-refractivity contribution in [1.29, 1.82) is 0 Å². The van der Waals surface area contributed by atoms with Crippen molar-refractivity contribution in [2.75, 3.05) is 24.7 Å². The minimum Gasteiger partial charge on any atom is -0.387 e. The van der Waals surface area contributed by atoms with Gasteiger partial charge >= 0.3 is 15.6 Å². The molecule has 3 aliphatic rings. The maximum absolute atomic E-state index is 13.2. The van der Waals surface area contributed by atoms with E-state index in [9.17, 15) is 33.9 Å². The third-order valence-corrected chi connectivity index (χ3v) is 9.29. The summed E-state index contributed by atoms with van der Waals surface area (Å²) < 4.78 is 61.0. The molecular weight excluding hydrogens is 650 g/mol. The van der Waals surface area contributed by atoms with Crippen molar-refractivity contribution in [3.63, 3.8) is 0 Å². The van der Waals surface area contributed by atoms with E-state index in [0.29, 0.717) is 0 Å². The Labute approximate surface area is 248 Å². The number of hydrogen-bond donors (Lipinski definition) is 7. The third-order valence-electron chi connectivity index (χ3n) is 7.32. The molecule has 4 aromatic rings. The molecule has 25 heteroatoms. The highest BCUT2D eigenvalue weighted by Crippen LogP contribution is 2.53. The summed E-state index contributed by atoms with van der Waals surface area (Å²) in [5.41, 5.74) is 10.8. The van der Waals surface area contributed by atoms with Gasteiger partial charge in [0.1, 0.15) is 48.5 Å². The molecule has 10 atom stereocenters. The number of nitrogens with one attached hydrogen (secondary N) is 1. The van der Waals surface area contributed by atoms with E-state index in [-0.39, 0.29) is 34.1 Å². The number of aliphatic hydroxyl groups is 2. The number of phosphoric ester groups is 2. The first kappa shape index (κ1) is 30.2. The zero-order valence-corrected chi connectivity index (χ0v) is 24.2. The Morgan fingerprint density at radius 2 is 1.44 bits per heavy atom. The van der Waals surface area contributed by atoms with Gasteiger partial charge in [-0.3, -0.25) is 37.0 Å². The normalized spacial score (nSPS) is 37.7. The Morgan fingerprint density at radius 1 is 0.822 bits per heavy atom. The molecule has 0 spiro atoms. The Morgan fingerprint density at radius 3 is 2.18 bits per heavy atom. The van der Waals surface area contributed by atoms with Crippen molar-refractivity contribution in [3.8, 4) is 0 Å². The van der Waals surface area contributed by atoms with Gasteiger partial charge in [0, 0.05) is 0 Å². The van der Waals surface area contributed by atoms with Gasteiger partial charge < -0.3 is 40.9 Å². The van der Waals surface area contributed by atoms with Gasteiger partial charge in [0.25, 0.3) is 5.56 Å². The van der Waals surface area contributed by atoms with Gasteiger partial charge in [-0.25, -0.2) is 29.1 Å². The minimum absolute atomic E-state index is 0.0343. The van der Waals surface area contributed by atoms with Gasteiger partial charge in [-0.05, 0) is 0 Å². The number of ether oxygens (including phenoxy) is 2. The fraction of sp³-hybridized carbons (Fsp3) is 0.500. The monoisotopic (exact) mass is 674 g/mol. The van der Waals surface area contributed by atoms with E-state index in [0.717, 1.165) is 17.2 Å². The van der Waals surface area contributed by atoms with Crippen molar-refractivity contribution < 1.29 is 56.7 Å². The number of hydrogen-bond acceptors (Lipinski definition) is 18. The lowest BCUT2D eigenvalue weighted by molar-refractivity contribution is -0.0672. The number of phosphoric acid groups is 2. The quantitative estimate of drug-likeness (QED) is 0.109. The van der Waals surface area contributed by atoms with Crippen LogP contribution in [0.2, 0.25) is 0 Å². The van der Waals surface area contributed by atoms with Gasteiger partial charge in [0.05, 0.1) is 25.9 Å². The van der Waals surface area contributed by atoms with Crippen molar-refractivity contribution >= 4 is 49.7 Å². The summed E-state index contributed by atoms with van der Waals surface area (Å²) >= 11 is 0. The number of aromatic amines is 1. The molecule has 0 aromatic carbocycles. The molecule has 0 aliphatic carbocycles. The molecular formula is C20H24N10O13P2. The highest BCUT2D eigenvalue weighted by atomic mass is 31.2. The van der Waals surface area contributed by atoms with Crippen LogP contribution in [0.5, 0.6) is 0 Å². The second kappa shape index (κ2) is 10.8. The number of nitrogens with zero attached hydrogens (tertiary/aromatic N) is 7. The van der Waals surface area contributed by atoms with Crippen LogP contribution in [0.1, 0.15) is 12.5 Å². The molecule has 3 saturated heterocycles. The molecule has 9 N–H and O–H groups in total. The van der Waals surface area contributed by atoms with Gasteiger partial charge in [0.15, 0.2) is 35.1 Å². The molecule has 4 aromatic heterocycles. The Hall–Kier alpha value is -3.44. The number of aromatic nitrogens is 8. The molecule has 45 heavy (non-hydrogen) atoms. The van der Waals surface area contributed by atoms with Crippen molar-refractivity contribution in [3.05, 3.63) is 29.3 Å². The van der Waals surface area contributed by atoms with E-state index in [1.165, 1.54) is 10.9 Å². The van der Waals surface area contributed by atoms with Crippen LogP contribution in [0.4, 0.5) is 11.8 Å². The average molecular weight is 674 g/mol. The Balaban J connectivity index is 1.21. The van der Waals surface area contributed by atoms with Crippen LogP contribution in [0.3, 0.4) is 0 Å². The van der Waals surface area contributed by atoms with Crippen LogP contribution in [-0.2, 0) is 36.7 Å². The largest absolute Gasteiger partial charge is 0.472 e. The highest BCUT2D eigenvalue weighted by molar-refractivity contribution is 7.47. The average Bonchev–Trinajstić information content (AvgIpc) is 3.72. The topological polar surface area (TPSA) is 330 Å². The number of imidazole rings is 2. The first-order valence-electron chi connectivity index (χ1n) is 13.0. The van der Waals surface area contributed by atoms with Crippen LogP contribution in [-0.4, -0.2) is 109 Å². The van der Waals surface area contributed by atoms with Crippen LogP contribution in [0.25, 0.3) is 22.3 Å². The van der Waals surface area contributed by atoms with E-state index < -0.39 is 83.5 Å². The van der Waals surface area contributed by atoms with Crippen molar-refractivity contribution in [2.24, 2.45) is 0 Å². The van der Waals surface area contributed by atoms with Crippen LogP contribution < -0.4 is 17.0 Å². The van der Waals surface area contributed by atoms with E-state index in [1.807, 2.05) is 0 Å². The van der Waals surface area contributed by atoms with Gasteiger partial charge in [-0.1, -0.05) is 0 Å². The Bertz CT molecular complexity index is 1940. The number of aliphatic hydroxyl groups excluding tert-OH is 2. The molecule has 3 unspecified atom stereocenters. The molecule has 2 bridgehead atoms. The first-order chi connectivity index (χ1) is 21.3. The van der Waals surface area contributed by atoms with E-state index in [1.54, 1.807) is 0 Å². The first-order valence-corrected chi connectivity index (χ1v) is 15.9. The van der Waals surface area contributed by atoms with E-state index in [4.69, 9.17) is 39.0 Å². The standard InChI is InChI=1S/C20H24N10O13P2/c21-14-8-15(24-3-23-14)29(4-25-8)18-11(32)12-7(41-18)2-39-45(36,37)43-13-10(31)6(1-38-44(34,35)42-12)40-19(13)30-5-26-9-16(30)27-20(22)28-17(9)33/h3-7,10-13,18-19,31-32H,1-2H2,(H,34,35)(H,36,37)(H2,21,23,24)(H3,22,27,28,33)/t6?,7-,10-,11-,12-,13-,18-,19-/m1/s1. The summed E-state index contributed by atoms with van der Waals surface area (Å²) in [6.45, 7) is -1.65. The van der Waals surface area contributed by atoms with Crippen LogP contribution >= 0.6 is 15.6 Å². The Kier molecular flexibility index (Phi) is 7.27. The minimum atomic E-state index is -5.11. The molecule has 0 radical (unpaired) electrons. The summed E-state index contributed by atoms with van der Waals surface area (Å²) in [7, 11) is -10.2. The zero-order valence-electron chi connectivity index (χ0n) is 22.4. The summed E-state index contributed by atoms with van der Waals surface area (Å²) in [6.07, 6.45) is -9.21. The van der Waals surface area contributed by atoms with Crippen molar-refractivity contribution in [1.82, 2.24) is 39.0 Å². The number of H-pyrrole nitrogens is 1. The highest BCUT2D eigenvalue weighted by Gasteiger charge is 2.54. The van der Waals surface area contributed by atoms with Gasteiger partial charge in [-0.2, -0.15) is 4.98 Å². The second-order valence-corrected chi connectivity index (χ2v) is 13.0. The third kappa shape index (κ3) is 5.31. The number of rotatable bonds is 2. The molecule has 3 aliphatic heterocycles. The molecule has 7 heterocycles. The number of nitrogens with two attached hydrogens (primary N) is 2. The maximum Gasteiger partial charge on any atom is 0.472 e. The fourth-order valence-corrected chi connectivity index (χ4v) is 7.19. The van der Waals surface area contributed by atoms with Gasteiger partial charge in [-0.15, -0.1) is 0 Å².